The van der Waals surface area contributed by atoms with E-state index in [-0.39, 0.29) is 16.9 Å². The van der Waals surface area contributed by atoms with Gasteiger partial charge in [0.05, 0.1) is 11.9 Å². The number of rotatable bonds is 0. The maximum absolute atomic E-state index is 11.3. The van der Waals surface area contributed by atoms with Gasteiger partial charge in [-0.25, -0.2) is 4.98 Å². The van der Waals surface area contributed by atoms with Gasteiger partial charge in [-0.2, -0.15) is 0 Å². The van der Waals surface area contributed by atoms with Gasteiger partial charge in [0.2, 0.25) is 0 Å². The lowest BCUT2D eigenvalue weighted by Crippen LogP contribution is -2.24. The quantitative estimate of drug-likeness (QED) is 0.566. The summed E-state index contributed by atoms with van der Waals surface area (Å²) >= 11 is 1.56. The molecule has 12 heavy (non-hydrogen) atoms. The van der Waals surface area contributed by atoms with Crippen molar-refractivity contribution in [2.24, 2.45) is 5.73 Å². The number of fused-ring (bicyclic) bond motifs is 1. The number of nitrogens with zero attached hydrogens (tertiary/aromatic N) is 1. The highest BCUT2D eigenvalue weighted by molar-refractivity contribution is 8.00. The van der Waals surface area contributed by atoms with Gasteiger partial charge in [-0.3, -0.25) is 4.79 Å². The molecule has 3 N–H and O–H groups in total. The van der Waals surface area contributed by atoms with Crippen molar-refractivity contribution < 1.29 is 0 Å². The summed E-state index contributed by atoms with van der Waals surface area (Å²) in [6.07, 6.45) is 1.42. The van der Waals surface area contributed by atoms with E-state index < -0.39 is 0 Å². The third-order valence-corrected chi connectivity index (χ3v) is 3.20. The Kier molecular flexibility index (Phi) is 1.69. The van der Waals surface area contributed by atoms with Crippen LogP contribution in [0.25, 0.3) is 0 Å². The largest absolute Gasteiger partial charge is 0.323 e. The van der Waals surface area contributed by atoms with Crippen LogP contribution in [0.15, 0.2) is 16.1 Å². The molecule has 1 aromatic heterocycles. The highest BCUT2D eigenvalue weighted by atomic mass is 32.2. The second-order valence-corrected chi connectivity index (χ2v) is 4.17. The molecule has 0 saturated carbocycles. The van der Waals surface area contributed by atoms with E-state index in [1.54, 1.807) is 11.8 Å². The average Bonchev–Trinajstić information content (AvgIpc) is 2.29. The van der Waals surface area contributed by atoms with E-state index >= 15 is 0 Å². The van der Waals surface area contributed by atoms with E-state index in [1.807, 2.05) is 6.92 Å². The summed E-state index contributed by atoms with van der Waals surface area (Å²) in [4.78, 5) is 17.8. The van der Waals surface area contributed by atoms with Gasteiger partial charge < -0.3 is 10.7 Å². The van der Waals surface area contributed by atoms with Gasteiger partial charge in [0, 0.05) is 11.3 Å². The maximum Gasteiger partial charge on any atom is 0.256 e. The number of H-pyrrole nitrogens is 1. The number of nitrogens with two attached hydrogens (primary N) is 1. The first-order chi connectivity index (χ1) is 5.70. The Morgan fingerprint density at radius 1 is 1.75 bits per heavy atom. The van der Waals surface area contributed by atoms with E-state index in [4.69, 9.17) is 5.73 Å². The van der Waals surface area contributed by atoms with E-state index in [1.165, 1.54) is 6.33 Å². The molecule has 0 saturated heterocycles. The summed E-state index contributed by atoms with van der Waals surface area (Å²) in [5.74, 6) is 0. The van der Waals surface area contributed by atoms with Gasteiger partial charge in [-0.1, -0.05) is 6.92 Å². The minimum Gasteiger partial charge on any atom is -0.323 e. The predicted molar refractivity (Wildman–Crippen MR) is 47.1 cm³/mol. The Bertz CT molecular complexity index is 362. The molecule has 4 nitrogen and oxygen atoms in total. The summed E-state index contributed by atoms with van der Waals surface area (Å²) in [6.45, 7) is 2.00. The zero-order valence-electron chi connectivity index (χ0n) is 6.57. The van der Waals surface area contributed by atoms with Crippen LogP contribution in [0.3, 0.4) is 0 Å². The minimum absolute atomic E-state index is 0.107. The topological polar surface area (TPSA) is 71.8 Å². The van der Waals surface area contributed by atoms with Crippen LogP contribution in [-0.2, 0) is 0 Å². The molecule has 0 aliphatic carbocycles. The SMILES string of the molecule is C[C@H]1Sc2nc[nH]c(=O)c2[C@@H]1N. The fraction of sp³-hybridized carbons (Fsp3) is 0.429. The molecule has 0 fully saturated rings. The molecule has 2 heterocycles. The van der Waals surface area contributed by atoms with Gasteiger partial charge in [0.15, 0.2) is 0 Å². The van der Waals surface area contributed by atoms with Crippen molar-refractivity contribution in [2.75, 3.05) is 0 Å². The molecule has 0 aromatic carbocycles. The normalized spacial score (nSPS) is 27.2. The van der Waals surface area contributed by atoms with Crippen molar-refractivity contribution in [3.63, 3.8) is 0 Å². The van der Waals surface area contributed by atoms with Crippen molar-refractivity contribution in [1.29, 1.82) is 0 Å². The van der Waals surface area contributed by atoms with Gasteiger partial charge in [0.1, 0.15) is 5.03 Å². The first-order valence-corrected chi connectivity index (χ1v) is 4.58. The van der Waals surface area contributed by atoms with Crippen LogP contribution in [0.4, 0.5) is 0 Å². The standard InChI is InChI=1S/C7H9N3OS/c1-3-5(8)4-6(11)9-2-10-7(4)12-3/h2-3,5H,8H2,1H3,(H,9,10,11)/t3-,5-/m1/s1. The van der Waals surface area contributed by atoms with E-state index in [9.17, 15) is 4.79 Å². The molecule has 0 amide bonds. The zero-order chi connectivity index (χ0) is 8.72. The average molecular weight is 183 g/mol. The Morgan fingerprint density at radius 3 is 3.17 bits per heavy atom. The molecule has 0 bridgehead atoms. The Labute approximate surface area is 73.6 Å². The summed E-state index contributed by atoms with van der Waals surface area (Å²) in [5.41, 5.74) is 6.34. The van der Waals surface area contributed by atoms with Crippen LogP contribution in [0.2, 0.25) is 0 Å². The highest BCUT2D eigenvalue weighted by Crippen LogP contribution is 2.38. The Hall–Kier alpha value is -0.810. The molecule has 1 aliphatic rings. The molecule has 0 spiro atoms. The molecule has 0 radical (unpaired) electrons. The number of nitrogens with one attached hydrogen (secondary N) is 1. The number of aromatic nitrogens is 2. The molecule has 1 aliphatic heterocycles. The number of hydrogen-bond donors (Lipinski definition) is 2. The Morgan fingerprint density at radius 2 is 2.50 bits per heavy atom. The molecule has 1 aromatic rings. The number of aromatic amines is 1. The molecular formula is C7H9N3OS. The molecule has 0 unspecified atom stereocenters. The highest BCUT2D eigenvalue weighted by Gasteiger charge is 2.30. The first kappa shape index (κ1) is 7.82. The molecular weight excluding hydrogens is 174 g/mol. The number of thioether (sulfide) groups is 1. The van der Waals surface area contributed by atoms with Crippen molar-refractivity contribution in [3.8, 4) is 0 Å². The molecule has 2 rings (SSSR count). The van der Waals surface area contributed by atoms with Gasteiger partial charge in [0.25, 0.3) is 5.56 Å². The van der Waals surface area contributed by atoms with Crippen LogP contribution >= 0.6 is 11.8 Å². The lowest BCUT2D eigenvalue weighted by atomic mass is 10.1. The summed E-state index contributed by atoms with van der Waals surface area (Å²) < 4.78 is 0. The Balaban J connectivity index is 2.62. The molecule has 5 heteroatoms. The van der Waals surface area contributed by atoms with Crippen molar-refractivity contribution in [1.82, 2.24) is 9.97 Å². The fourth-order valence-corrected chi connectivity index (χ4v) is 2.37. The zero-order valence-corrected chi connectivity index (χ0v) is 7.39. The van der Waals surface area contributed by atoms with Crippen molar-refractivity contribution in [3.05, 3.63) is 22.2 Å². The van der Waals surface area contributed by atoms with Crippen molar-refractivity contribution >= 4 is 11.8 Å². The van der Waals surface area contributed by atoms with Crippen LogP contribution < -0.4 is 11.3 Å². The molecule has 2 atom stereocenters. The van der Waals surface area contributed by atoms with E-state index in [0.29, 0.717) is 5.56 Å². The smallest absolute Gasteiger partial charge is 0.256 e. The van der Waals surface area contributed by atoms with Crippen molar-refractivity contribution in [2.45, 2.75) is 23.2 Å². The monoisotopic (exact) mass is 183 g/mol. The van der Waals surface area contributed by atoms with Crippen LogP contribution in [0, 0.1) is 0 Å². The van der Waals surface area contributed by atoms with Crippen LogP contribution in [0.5, 0.6) is 0 Å². The first-order valence-electron chi connectivity index (χ1n) is 3.70. The lowest BCUT2D eigenvalue weighted by Gasteiger charge is -2.05. The fourth-order valence-electron chi connectivity index (χ4n) is 1.27. The van der Waals surface area contributed by atoms with Gasteiger partial charge in [-0.15, -0.1) is 11.8 Å². The summed E-state index contributed by atoms with van der Waals surface area (Å²) in [6, 6.07) is -0.178. The van der Waals surface area contributed by atoms with Gasteiger partial charge >= 0.3 is 0 Å². The lowest BCUT2D eigenvalue weighted by molar-refractivity contribution is 0.704. The third-order valence-electron chi connectivity index (χ3n) is 1.99. The van der Waals surface area contributed by atoms with E-state index in [2.05, 4.69) is 9.97 Å². The van der Waals surface area contributed by atoms with E-state index in [0.717, 1.165) is 5.03 Å². The van der Waals surface area contributed by atoms with Crippen LogP contribution in [-0.4, -0.2) is 15.2 Å². The summed E-state index contributed by atoms with van der Waals surface area (Å²) in [7, 11) is 0. The van der Waals surface area contributed by atoms with Gasteiger partial charge in [-0.05, 0) is 0 Å². The second-order valence-electron chi connectivity index (χ2n) is 2.80. The second kappa shape index (κ2) is 2.60. The maximum atomic E-state index is 11.3. The third kappa shape index (κ3) is 0.971. The van der Waals surface area contributed by atoms with Crippen LogP contribution in [0.1, 0.15) is 18.5 Å². The minimum atomic E-state index is -0.178. The summed E-state index contributed by atoms with van der Waals surface area (Å²) in [5, 5.41) is 1.02. The molecule has 64 valence electrons. The number of hydrogen-bond acceptors (Lipinski definition) is 4. The predicted octanol–water partition coefficient (Wildman–Crippen LogP) is 0.264.